The van der Waals surface area contributed by atoms with E-state index in [1.165, 1.54) is 0 Å². The van der Waals surface area contributed by atoms with E-state index in [1.807, 2.05) is 24.7 Å². The average molecular weight is 222 g/mol. The number of hydrogen-bond acceptors (Lipinski definition) is 3. The summed E-state index contributed by atoms with van der Waals surface area (Å²) in [6.07, 6.45) is 5.18. The summed E-state index contributed by atoms with van der Waals surface area (Å²) in [6.45, 7) is 7.10. The number of rotatable bonds is 5. The van der Waals surface area contributed by atoms with Crippen molar-refractivity contribution in [3.63, 3.8) is 0 Å². The van der Waals surface area contributed by atoms with Gasteiger partial charge in [0.2, 0.25) is 0 Å². The SMILES string of the molecule is C/C=C/CCNc1c(N)c(C(C)C)nn1C. The molecule has 1 rings (SSSR count). The van der Waals surface area contributed by atoms with Gasteiger partial charge in [-0.05, 0) is 19.3 Å². The Balaban J connectivity index is 2.72. The van der Waals surface area contributed by atoms with Crippen LogP contribution < -0.4 is 11.1 Å². The molecule has 0 atom stereocenters. The van der Waals surface area contributed by atoms with Crippen LogP contribution in [0.4, 0.5) is 11.5 Å². The Bertz CT molecular complexity index is 363. The number of nitrogens with one attached hydrogen (secondary N) is 1. The van der Waals surface area contributed by atoms with Gasteiger partial charge in [0, 0.05) is 13.6 Å². The third kappa shape index (κ3) is 2.78. The first-order chi connectivity index (χ1) is 7.57. The van der Waals surface area contributed by atoms with Crippen LogP contribution in [0.15, 0.2) is 12.2 Å². The van der Waals surface area contributed by atoms with Crippen LogP contribution in [-0.4, -0.2) is 16.3 Å². The summed E-state index contributed by atoms with van der Waals surface area (Å²) in [5.41, 5.74) is 7.80. The molecule has 0 bridgehead atoms. The molecule has 0 aliphatic carbocycles. The molecular formula is C12H22N4. The van der Waals surface area contributed by atoms with Crippen molar-refractivity contribution in [2.45, 2.75) is 33.1 Å². The first kappa shape index (κ1) is 12.6. The van der Waals surface area contributed by atoms with E-state index in [9.17, 15) is 0 Å². The highest BCUT2D eigenvalue weighted by Gasteiger charge is 2.14. The minimum atomic E-state index is 0.359. The van der Waals surface area contributed by atoms with Crippen LogP contribution >= 0.6 is 0 Å². The predicted octanol–water partition coefficient (Wildman–Crippen LogP) is 2.50. The van der Waals surface area contributed by atoms with Crippen molar-refractivity contribution in [3.05, 3.63) is 17.8 Å². The van der Waals surface area contributed by atoms with Crippen molar-refractivity contribution < 1.29 is 0 Å². The largest absolute Gasteiger partial charge is 0.394 e. The molecule has 90 valence electrons. The Morgan fingerprint density at radius 2 is 2.19 bits per heavy atom. The average Bonchev–Trinajstić information content (AvgIpc) is 2.51. The molecule has 4 heteroatoms. The van der Waals surface area contributed by atoms with E-state index in [0.29, 0.717) is 5.92 Å². The van der Waals surface area contributed by atoms with Gasteiger partial charge in [-0.3, -0.25) is 4.68 Å². The molecule has 0 saturated carbocycles. The summed E-state index contributed by atoms with van der Waals surface area (Å²) in [6, 6.07) is 0. The first-order valence-electron chi connectivity index (χ1n) is 5.75. The molecule has 4 nitrogen and oxygen atoms in total. The molecule has 3 N–H and O–H groups in total. The lowest BCUT2D eigenvalue weighted by atomic mass is 10.1. The second-order valence-electron chi connectivity index (χ2n) is 4.21. The first-order valence-corrected chi connectivity index (χ1v) is 5.75. The van der Waals surface area contributed by atoms with Crippen LogP contribution in [0, 0.1) is 0 Å². The molecule has 1 heterocycles. The van der Waals surface area contributed by atoms with Gasteiger partial charge in [-0.1, -0.05) is 26.0 Å². The Hall–Kier alpha value is -1.45. The van der Waals surface area contributed by atoms with Crippen molar-refractivity contribution in [1.29, 1.82) is 0 Å². The van der Waals surface area contributed by atoms with Gasteiger partial charge in [-0.15, -0.1) is 0 Å². The molecule has 0 saturated heterocycles. The van der Waals surface area contributed by atoms with Crippen molar-refractivity contribution in [3.8, 4) is 0 Å². The maximum atomic E-state index is 6.06. The summed E-state index contributed by atoms with van der Waals surface area (Å²) in [4.78, 5) is 0. The van der Waals surface area contributed by atoms with Gasteiger partial charge in [-0.25, -0.2) is 0 Å². The van der Waals surface area contributed by atoms with Crippen molar-refractivity contribution >= 4 is 11.5 Å². The summed E-state index contributed by atoms with van der Waals surface area (Å²) in [5, 5.41) is 7.74. The summed E-state index contributed by atoms with van der Waals surface area (Å²) < 4.78 is 1.82. The van der Waals surface area contributed by atoms with Crippen molar-refractivity contribution in [1.82, 2.24) is 9.78 Å². The van der Waals surface area contributed by atoms with E-state index in [-0.39, 0.29) is 0 Å². The Morgan fingerprint density at radius 1 is 1.50 bits per heavy atom. The van der Waals surface area contributed by atoms with E-state index < -0.39 is 0 Å². The Morgan fingerprint density at radius 3 is 2.69 bits per heavy atom. The van der Waals surface area contributed by atoms with Crippen LogP contribution in [0.2, 0.25) is 0 Å². The van der Waals surface area contributed by atoms with Crippen LogP contribution in [0.1, 0.15) is 38.8 Å². The quantitative estimate of drug-likeness (QED) is 0.594. The molecule has 0 unspecified atom stereocenters. The zero-order chi connectivity index (χ0) is 12.1. The minimum absolute atomic E-state index is 0.359. The standard InChI is InChI=1S/C12H22N4/c1-5-6-7-8-14-12-10(13)11(9(2)3)15-16(12)4/h5-6,9,14H,7-8,13H2,1-4H3/b6-5+. The molecule has 0 aromatic carbocycles. The maximum absolute atomic E-state index is 6.06. The molecule has 1 aromatic heterocycles. The zero-order valence-corrected chi connectivity index (χ0v) is 10.6. The van der Waals surface area contributed by atoms with Gasteiger partial charge >= 0.3 is 0 Å². The molecule has 0 fully saturated rings. The highest BCUT2D eigenvalue weighted by molar-refractivity contribution is 5.65. The monoisotopic (exact) mass is 222 g/mol. The fourth-order valence-corrected chi connectivity index (χ4v) is 1.64. The molecule has 0 aliphatic heterocycles. The Labute approximate surface area is 97.5 Å². The lowest BCUT2D eigenvalue weighted by Gasteiger charge is -2.06. The molecule has 0 aliphatic rings. The number of allylic oxidation sites excluding steroid dienone is 1. The maximum Gasteiger partial charge on any atom is 0.147 e. The number of nitrogen functional groups attached to an aromatic ring is 1. The fraction of sp³-hybridized carbons (Fsp3) is 0.583. The van der Waals surface area contributed by atoms with Crippen LogP contribution in [0.5, 0.6) is 0 Å². The summed E-state index contributed by atoms with van der Waals surface area (Å²) >= 11 is 0. The molecule has 1 aromatic rings. The van der Waals surface area contributed by atoms with E-state index in [0.717, 1.165) is 30.2 Å². The highest BCUT2D eigenvalue weighted by atomic mass is 15.3. The van der Waals surface area contributed by atoms with Crippen LogP contribution in [-0.2, 0) is 7.05 Å². The van der Waals surface area contributed by atoms with E-state index in [2.05, 4.69) is 30.3 Å². The molecule has 0 amide bonds. The number of aromatic nitrogens is 2. The van der Waals surface area contributed by atoms with Gasteiger partial charge < -0.3 is 11.1 Å². The second kappa shape index (κ2) is 5.58. The third-order valence-corrected chi connectivity index (χ3v) is 2.50. The van der Waals surface area contributed by atoms with E-state index in [4.69, 9.17) is 5.73 Å². The topological polar surface area (TPSA) is 55.9 Å². The van der Waals surface area contributed by atoms with Crippen LogP contribution in [0.3, 0.4) is 0 Å². The number of aryl methyl sites for hydroxylation is 1. The number of nitrogens with two attached hydrogens (primary N) is 1. The van der Waals surface area contributed by atoms with Crippen LogP contribution in [0.25, 0.3) is 0 Å². The molecule has 16 heavy (non-hydrogen) atoms. The molecule has 0 radical (unpaired) electrons. The van der Waals surface area contributed by atoms with Gasteiger partial charge in [0.1, 0.15) is 5.82 Å². The predicted molar refractivity (Wildman–Crippen MR) is 69.6 cm³/mol. The number of nitrogens with zero attached hydrogens (tertiary/aromatic N) is 2. The third-order valence-electron chi connectivity index (χ3n) is 2.50. The second-order valence-corrected chi connectivity index (χ2v) is 4.21. The number of hydrogen-bond donors (Lipinski definition) is 2. The van der Waals surface area contributed by atoms with Crippen molar-refractivity contribution in [2.75, 3.05) is 17.6 Å². The summed E-state index contributed by atoms with van der Waals surface area (Å²) in [7, 11) is 1.92. The lowest BCUT2D eigenvalue weighted by molar-refractivity contribution is 0.715. The smallest absolute Gasteiger partial charge is 0.147 e. The van der Waals surface area contributed by atoms with E-state index in [1.54, 1.807) is 0 Å². The highest BCUT2D eigenvalue weighted by Crippen LogP contribution is 2.27. The molecular weight excluding hydrogens is 200 g/mol. The van der Waals surface area contributed by atoms with Gasteiger partial charge in [0.15, 0.2) is 0 Å². The number of anilines is 2. The summed E-state index contributed by atoms with van der Waals surface area (Å²) in [5.74, 6) is 1.28. The lowest BCUT2D eigenvalue weighted by Crippen LogP contribution is -2.07. The zero-order valence-electron chi connectivity index (χ0n) is 10.6. The van der Waals surface area contributed by atoms with Gasteiger partial charge in [-0.2, -0.15) is 5.10 Å². The minimum Gasteiger partial charge on any atom is -0.394 e. The molecule has 0 spiro atoms. The fourth-order valence-electron chi connectivity index (χ4n) is 1.64. The van der Waals surface area contributed by atoms with Gasteiger partial charge in [0.05, 0.1) is 11.4 Å². The Kier molecular flexibility index (Phi) is 4.40. The van der Waals surface area contributed by atoms with Crippen molar-refractivity contribution in [2.24, 2.45) is 7.05 Å². The van der Waals surface area contributed by atoms with Gasteiger partial charge in [0.25, 0.3) is 0 Å². The van der Waals surface area contributed by atoms with E-state index >= 15 is 0 Å². The normalized spacial score (nSPS) is 11.6.